The van der Waals surface area contributed by atoms with Crippen molar-refractivity contribution in [3.05, 3.63) is 29.6 Å². The van der Waals surface area contributed by atoms with Crippen LogP contribution < -0.4 is 10.2 Å². The highest BCUT2D eigenvalue weighted by Gasteiger charge is 2.20. The SMILES string of the molecule is CC(C)CN(CC1CCCN1)c1ccc(C#N)cc1F. The van der Waals surface area contributed by atoms with Crippen molar-refractivity contribution >= 4 is 5.69 Å². The van der Waals surface area contributed by atoms with Gasteiger partial charge in [0.05, 0.1) is 17.3 Å². The number of benzene rings is 1. The second-order valence-electron chi connectivity index (χ2n) is 5.87. The zero-order valence-corrected chi connectivity index (χ0v) is 12.2. The van der Waals surface area contributed by atoms with Crippen molar-refractivity contribution in [3.63, 3.8) is 0 Å². The van der Waals surface area contributed by atoms with E-state index >= 15 is 0 Å². The molecule has 1 aromatic carbocycles. The van der Waals surface area contributed by atoms with Gasteiger partial charge in [-0.15, -0.1) is 0 Å². The summed E-state index contributed by atoms with van der Waals surface area (Å²) in [5.41, 5.74) is 0.973. The zero-order chi connectivity index (χ0) is 14.5. The molecular weight excluding hydrogens is 253 g/mol. The van der Waals surface area contributed by atoms with Gasteiger partial charge in [-0.25, -0.2) is 4.39 Å². The average Bonchev–Trinajstić information content (AvgIpc) is 2.90. The van der Waals surface area contributed by atoms with Crippen LogP contribution in [-0.4, -0.2) is 25.7 Å². The first-order valence-electron chi connectivity index (χ1n) is 7.28. The Kier molecular flexibility index (Phi) is 4.97. The highest BCUT2D eigenvalue weighted by molar-refractivity contribution is 5.51. The number of hydrogen-bond acceptors (Lipinski definition) is 3. The third kappa shape index (κ3) is 3.71. The van der Waals surface area contributed by atoms with Crippen LogP contribution in [-0.2, 0) is 0 Å². The molecule has 0 saturated carbocycles. The summed E-state index contributed by atoms with van der Waals surface area (Å²) in [6.07, 6.45) is 2.34. The number of halogens is 1. The van der Waals surface area contributed by atoms with E-state index in [0.717, 1.165) is 26.1 Å². The summed E-state index contributed by atoms with van der Waals surface area (Å²) >= 11 is 0. The van der Waals surface area contributed by atoms with E-state index in [4.69, 9.17) is 5.26 Å². The maximum absolute atomic E-state index is 14.2. The van der Waals surface area contributed by atoms with Gasteiger partial charge in [0, 0.05) is 19.1 Å². The highest BCUT2D eigenvalue weighted by Crippen LogP contribution is 2.23. The van der Waals surface area contributed by atoms with Gasteiger partial charge < -0.3 is 10.2 Å². The van der Waals surface area contributed by atoms with Crippen molar-refractivity contribution in [1.29, 1.82) is 5.26 Å². The van der Waals surface area contributed by atoms with Crippen molar-refractivity contribution in [2.75, 3.05) is 24.5 Å². The first-order chi connectivity index (χ1) is 9.60. The van der Waals surface area contributed by atoms with Crippen LogP contribution in [0.5, 0.6) is 0 Å². The molecule has 1 aromatic rings. The Morgan fingerprint density at radius 3 is 2.85 bits per heavy atom. The molecule has 0 spiro atoms. The van der Waals surface area contributed by atoms with E-state index in [9.17, 15) is 4.39 Å². The van der Waals surface area contributed by atoms with Crippen LogP contribution in [0.15, 0.2) is 18.2 Å². The van der Waals surface area contributed by atoms with Crippen LogP contribution in [0.25, 0.3) is 0 Å². The number of hydrogen-bond donors (Lipinski definition) is 1. The Morgan fingerprint density at radius 2 is 2.30 bits per heavy atom. The van der Waals surface area contributed by atoms with Crippen LogP contribution in [0.2, 0.25) is 0 Å². The molecule has 20 heavy (non-hydrogen) atoms. The lowest BCUT2D eigenvalue weighted by Gasteiger charge is -2.30. The molecule has 2 rings (SSSR count). The summed E-state index contributed by atoms with van der Waals surface area (Å²) in [6.45, 7) is 6.96. The van der Waals surface area contributed by atoms with Crippen molar-refractivity contribution < 1.29 is 4.39 Å². The molecule has 1 saturated heterocycles. The van der Waals surface area contributed by atoms with Crippen molar-refractivity contribution in [3.8, 4) is 6.07 Å². The van der Waals surface area contributed by atoms with Crippen LogP contribution in [0.1, 0.15) is 32.3 Å². The lowest BCUT2D eigenvalue weighted by atomic mass is 10.1. The maximum Gasteiger partial charge on any atom is 0.147 e. The molecule has 1 fully saturated rings. The summed E-state index contributed by atoms with van der Waals surface area (Å²) in [7, 11) is 0. The van der Waals surface area contributed by atoms with E-state index in [-0.39, 0.29) is 5.82 Å². The largest absolute Gasteiger partial charge is 0.367 e. The minimum atomic E-state index is -0.303. The Bertz CT molecular complexity index is 487. The lowest BCUT2D eigenvalue weighted by molar-refractivity contribution is 0.529. The minimum absolute atomic E-state index is 0.303. The predicted octanol–water partition coefficient (Wildman–Crippen LogP) is 2.91. The second kappa shape index (κ2) is 6.71. The number of nitriles is 1. The van der Waals surface area contributed by atoms with E-state index in [0.29, 0.717) is 23.2 Å². The lowest BCUT2D eigenvalue weighted by Crippen LogP contribution is -2.39. The Labute approximate surface area is 120 Å². The number of anilines is 1. The van der Waals surface area contributed by atoms with Crippen molar-refractivity contribution in [2.24, 2.45) is 5.92 Å². The predicted molar refractivity (Wildman–Crippen MR) is 79.2 cm³/mol. The van der Waals surface area contributed by atoms with Gasteiger partial charge in [-0.3, -0.25) is 0 Å². The van der Waals surface area contributed by atoms with Crippen LogP contribution in [0.4, 0.5) is 10.1 Å². The third-order valence-electron chi connectivity index (χ3n) is 3.61. The molecular formula is C16H22FN3. The molecule has 0 radical (unpaired) electrons. The Morgan fingerprint density at radius 1 is 1.50 bits per heavy atom. The molecule has 1 N–H and O–H groups in total. The van der Waals surface area contributed by atoms with Gasteiger partial charge in [0.2, 0.25) is 0 Å². The standard InChI is InChI=1S/C16H22FN3/c1-12(2)10-20(11-14-4-3-7-19-14)16-6-5-13(9-18)8-15(16)17/h5-6,8,12,14,19H,3-4,7,10-11H2,1-2H3. The van der Waals surface area contributed by atoms with E-state index < -0.39 is 0 Å². The molecule has 3 nitrogen and oxygen atoms in total. The fourth-order valence-corrected chi connectivity index (χ4v) is 2.72. The molecule has 1 heterocycles. The quantitative estimate of drug-likeness (QED) is 0.898. The van der Waals surface area contributed by atoms with Crippen molar-refractivity contribution in [1.82, 2.24) is 5.32 Å². The van der Waals surface area contributed by atoms with Gasteiger partial charge in [-0.05, 0) is 43.5 Å². The number of nitrogens with zero attached hydrogens (tertiary/aromatic N) is 2. The van der Waals surface area contributed by atoms with Crippen LogP contribution in [0.3, 0.4) is 0 Å². The van der Waals surface area contributed by atoms with E-state index in [1.165, 1.54) is 12.5 Å². The van der Waals surface area contributed by atoms with E-state index in [1.807, 2.05) is 6.07 Å². The van der Waals surface area contributed by atoms with Gasteiger partial charge in [0.25, 0.3) is 0 Å². The van der Waals surface area contributed by atoms with Crippen LogP contribution in [0, 0.1) is 23.1 Å². The molecule has 1 atom stereocenters. The zero-order valence-electron chi connectivity index (χ0n) is 12.2. The van der Waals surface area contributed by atoms with E-state index in [2.05, 4.69) is 24.1 Å². The average molecular weight is 275 g/mol. The molecule has 0 aliphatic carbocycles. The van der Waals surface area contributed by atoms with Crippen LogP contribution >= 0.6 is 0 Å². The fourth-order valence-electron chi connectivity index (χ4n) is 2.72. The minimum Gasteiger partial charge on any atom is -0.367 e. The second-order valence-corrected chi connectivity index (χ2v) is 5.87. The van der Waals surface area contributed by atoms with Crippen molar-refractivity contribution in [2.45, 2.75) is 32.7 Å². The number of rotatable bonds is 5. The molecule has 0 bridgehead atoms. The van der Waals surface area contributed by atoms with Gasteiger partial charge >= 0.3 is 0 Å². The smallest absolute Gasteiger partial charge is 0.147 e. The Hall–Kier alpha value is -1.60. The Balaban J connectivity index is 2.18. The summed E-state index contributed by atoms with van der Waals surface area (Å²) < 4.78 is 14.2. The first-order valence-corrected chi connectivity index (χ1v) is 7.28. The molecule has 1 aliphatic heterocycles. The van der Waals surface area contributed by atoms with Gasteiger partial charge in [0.15, 0.2) is 0 Å². The molecule has 1 aliphatic rings. The summed E-state index contributed by atoms with van der Waals surface area (Å²) in [5.74, 6) is 0.161. The maximum atomic E-state index is 14.2. The topological polar surface area (TPSA) is 39.1 Å². The summed E-state index contributed by atoms with van der Waals surface area (Å²) in [5, 5.41) is 12.3. The first kappa shape index (κ1) is 14.8. The molecule has 0 aromatic heterocycles. The normalized spacial score (nSPS) is 18.2. The summed E-state index contributed by atoms with van der Waals surface area (Å²) in [6, 6.07) is 7.15. The molecule has 0 amide bonds. The van der Waals surface area contributed by atoms with E-state index in [1.54, 1.807) is 12.1 Å². The monoisotopic (exact) mass is 275 g/mol. The number of nitrogens with one attached hydrogen (secondary N) is 1. The van der Waals surface area contributed by atoms with Gasteiger partial charge in [0.1, 0.15) is 5.82 Å². The fraction of sp³-hybridized carbons (Fsp3) is 0.562. The highest BCUT2D eigenvalue weighted by atomic mass is 19.1. The van der Waals surface area contributed by atoms with Gasteiger partial charge in [-0.2, -0.15) is 5.26 Å². The van der Waals surface area contributed by atoms with Gasteiger partial charge in [-0.1, -0.05) is 13.8 Å². The molecule has 4 heteroatoms. The molecule has 108 valence electrons. The molecule has 1 unspecified atom stereocenters. The third-order valence-corrected chi connectivity index (χ3v) is 3.61. The summed E-state index contributed by atoms with van der Waals surface area (Å²) in [4.78, 5) is 2.10.